The third-order valence-corrected chi connectivity index (χ3v) is 5.88. The lowest BCUT2D eigenvalue weighted by atomic mass is 10.1. The summed E-state index contributed by atoms with van der Waals surface area (Å²) in [6.07, 6.45) is 5.43. The Labute approximate surface area is 174 Å². The minimum absolute atomic E-state index is 0.377. The molecule has 1 fully saturated rings. The molecule has 7 heteroatoms. The number of aryl methyl sites for hydroxylation is 1. The standard InChI is InChI=1S/C23H25N5O2/c1-15(2)26-6-8-27(9-7-26)18-5-4-17-10-19(23(29)30-21(17)11-18)20-14-28-13-16(3)24-12-22(28)25-20/h4-5,10-15H,6-9H2,1-3H3. The van der Waals surface area contributed by atoms with Crippen LogP contribution in [0, 0.1) is 6.92 Å². The maximum atomic E-state index is 12.7. The summed E-state index contributed by atoms with van der Waals surface area (Å²) in [5, 5.41) is 0.889. The fourth-order valence-electron chi connectivity index (χ4n) is 4.10. The van der Waals surface area contributed by atoms with Crippen molar-refractivity contribution in [1.29, 1.82) is 0 Å². The van der Waals surface area contributed by atoms with E-state index in [1.165, 1.54) is 0 Å². The van der Waals surface area contributed by atoms with Crippen LogP contribution in [0.2, 0.25) is 0 Å². The quantitative estimate of drug-likeness (QED) is 0.489. The van der Waals surface area contributed by atoms with E-state index in [0.717, 1.165) is 42.9 Å². The minimum Gasteiger partial charge on any atom is -0.422 e. The Bertz CT molecular complexity index is 1280. The Kier molecular flexibility index (Phi) is 4.55. The lowest BCUT2D eigenvalue weighted by Crippen LogP contribution is -2.48. The van der Waals surface area contributed by atoms with Crippen molar-refractivity contribution < 1.29 is 4.42 Å². The monoisotopic (exact) mass is 403 g/mol. The summed E-state index contributed by atoms with van der Waals surface area (Å²) in [7, 11) is 0. The zero-order chi connectivity index (χ0) is 20.8. The summed E-state index contributed by atoms with van der Waals surface area (Å²) < 4.78 is 7.58. The maximum Gasteiger partial charge on any atom is 0.345 e. The first-order valence-electron chi connectivity index (χ1n) is 10.4. The van der Waals surface area contributed by atoms with Crippen LogP contribution in [0.25, 0.3) is 27.9 Å². The lowest BCUT2D eigenvalue weighted by molar-refractivity contribution is 0.209. The number of benzene rings is 1. The first kappa shape index (κ1) is 18.8. The van der Waals surface area contributed by atoms with E-state index in [9.17, 15) is 4.79 Å². The summed E-state index contributed by atoms with van der Waals surface area (Å²) in [6.45, 7) is 10.4. The summed E-state index contributed by atoms with van der Waals surface area (Å²) in [5.41, 5.74) is 3.96. The van der Waals surface area contributed by atoms with Gasteiger partial charge in [-0.05, 0) is 39.0 Å². The van der Waals surface area contributed by atoms with Crippen LogP contribution < -0.4 is 10.5 Å². The fourth-order valence-corrected chi connectivity index (χ4v) is 4.10. The van der Waals surface area contributed by atoms with Gasteiger partial charge in [-0.25, -0.2) is 9.78 Å². The molecule has 0 spiro atoms. The molecule has 1 aromatic carbocycles. The van der Waals surface area contributed by atoms with Gasteiger partial charge in [0.15, 0.2) is 5.65 Å². The second kappa shape index (κ2) is 7.25. The molecule has 0 saturated carbocycles. The molecule has 3 aromatic heterocycles. The summed E-state index contributed by atoms with van der Waals surface area (Å²) in [4.78, 5) is 26.4. The Morgan fingerprint density at radius 2 is 1.87 bits per heavy atom. The van der Waals surface area contributed by atoms with E-state index < -0.39 is 0 Å². The Hall–Kier alpha value is -3.19. The third-order valence-electron chi connectivity index (χ3n) is 5.88. The molecule has 1 saturated heterocycles. The third kappa shape index (κ3) is 3.35. The van der Waals surface area contributed by atoms with Crippen LogP contribution in [0.5, 0.6) is 0 Å². The van der Waals surface area contributed by atoms with Gasteiger partial charge in [-0.1, -0.05) is 0 Å². The van der Waals surface area contributed by atoms with E-state index in [4.69, 9.17) is 4.42 Å². The molecule has 5 rings (SSSR count). The molecular formula is C23H25N5O2. The van der Waals surface area contributed by atoms with Gasteiger partial charge in [-0.15, -0.1) is 0 Å². The van der Waals surface area contributed by atoms with Crippen molar-refractivity contribution in [2.24, 2.45) is 0 Å². The highest BCUT2D eigenvalue weighted by molar-refractivity contribution is 5.84. The zero-order valence-corrected chi connectivity index (χ0v) is 17.5. The van der Waals surface area contributed by atoms with E-state index >= 15 is 0 Å². The highest BCUT2D eigenvalue weighted by Crippen LogP contribution is 2.26. The smallest absolute Gasteiger partial charge is 0.345 e. The number of anilines is 1. The molecule has 0 radical (unpaired) electrons. The highest BCUT2D eigenvalue weighted by Gasteiger charge is 2.20. The number of hydrogen-bond acceptors (Lipinski definition) is 6. The van der Waals surface area contributed by atoms with Crippen molar-refractivity contribution in [3.63, 3.8) is 0 Å². The van der Waals surface area contributed by atoms with Crippen LogP contribution >= 0.6 is 0 Å². The van der Waals surface area contributed by atoms with E-state index in [1.807, 2.05) is 41.9 Å². The second-order valence-electron chi connectivity index (χ2n) is 8.21. The van der Waals surface area contributed by atoms with Crippen LogP contribution in [0.3, 0.4) is 0 Å². The SMILES string of the molecule is Cc1cn2cc(-c3cc4ccc(N5CCN(C(C)C)CC5)cc4oc3=O)nc2cn1. The van der Waals surface area contributed by atoms with Gasteiger partial charge >= 0.3 is 5.63 Å². The highest BCUT2D eigenvalue weighted by atomic mass is 16.4. The van der Waals surface area contributed by atoms with E-state index in [0.29, 0.717) is 28.5 Å². The molecule has 1 aliphatic rings. The molecule has 0 unspecified atom stereocenters. The van der Waals surface area contributed by atoms with Crippen molar-refractivity contribution in [2.75, 3.05) is 31.1 Å². The molecule has 7 nitrogen and oxygen atoms in total. The second-order valence-corrected chi connectivity index (χ2v) is 8.21. The van der Waals surface area contributed by atoms with Crippen LogP contribution in [0.1, 0.15) is 19.5 Å². The van der Waals surface area contributed by atoms with Gasteiger partial charge in [0.25, 0.3) is 0 Å². The van der Waals surface area contributed by atoms with Crippen molar-refractivity contribution in [1.82, 2.24) is 19.3 Å². The van der Waals surface area contributed by atoms with Gasteiger partial charge < -0.3 is 13.7 Å². The van der Waals surface area contributed by atoms with Crippen molar-refractivity contribution >= 4 is 22.3 Å². The van der Waals surface area contributed by atoms with Gasteiger partial charge in [0.05, 0.1) is 23.1 Å². The molecule has 0 atom stereocenters. The predicted octanol–water partition coefficient (Wildman–Crippen LogP) is 3.34. The van der Waals surface area contributed by atoms with Crippen molar-refractivity contribution in [2.45, 2.75) is 26.8 Å². The number of imidazole rings is 1. The molecular weight excluding hydrogens is 378 g/mol. The van der Waals surface area contributed by atoms with E-state index in [1.54, 1.807) is 6.20 Å². The Morgan fingerprint density at radius 1 is 1.07 bits per heavy atom. The number of rotatable bonds is 3. The number of fused-ring (bicyclic) bond motifs is 2. The lowest BCUT2D eigenvalue weighted by Gasteiger charge is -2.38. The molecule has 30 heavy (non-hydrogen) atoms. The average Bonchev–Trinajstić information content (AvgIpc) is 3.15. The molecule has 1 aliphatic heterocycles. The number of aromatic nitrogens is 3. The minimum atomic E-state index is -0.377. The van der Waals surface area contributed by atoms with Crippen LogP contribution in [-0.2, 0) is 0 Å². The molecule has 154 valence electrons. The van der Waals surface area contributed by atoms with Gasteiger partial charge in [-0.2, -0.15) is 0 Å². The predicted molar refractivity (Wildman–Crippen MR) is 118 cm³/mol. The largest absolute Gasteiger partial charge is 0.422 e. The van der Waals surface area contributed by atoms with E-state index in [2.05, 4.69) is 39.7 Å². The Morgan fingerprint density at radius 3 is 2.63 bits per heavy atom. The fraction of sp³-hybridized carbons (Fsp3) is 0.348. The van der Waals surface area contributed by atoms with Gasteiger partial charge in [0.1, 0.15) is 5.58 Å². The summed E-state index contributed by atoms with van der Waals surface area (Å²) in [5.74, 6) is 0. The molecule has 0 amide bonds. The average molecular weight is 403 g/mol. The Balaban J connectivity index is 1.47. The number of nitrogens with zero attached hydrogens (tertiary/aromatic N) is 5. The first-order valence-corrected chi connectivity index (χ1v) is 10.4. The zero-order valence-electron chi connectivity index (χ0n) is 17.5. The normalized spacial score (nSPS) is 15.5. The molecule has 4 heterocycles. The van der Waals surface area contributed by atoms with Gasteiger partial charge in [0.2, 0.25) is 0 Å². The molecule has 0 bridgehead atoms. The van der Waals surface area contributed by atoms with Gasteiger partial charge in [0, 0.05) is 61.8 Å². The summed E-state index contributed by atoms with van der Waals surface area (Å²) in [6, 6.07) is 8.53. The molecule has 0 aliphatic carbocycles. The first-order chi connectivity index (χ1) is 14.5. The van der Waals surface area contributed by atoms with Crippen LogP contribution in [-0.4, -0.2) is 51.5 Å². The van der Waals surface area contributed by atoms with Gasteiger partial charge in [-0.3, -0.25) is 9.88 Å². The van der Waals surface area contributed by atoms with Crippen molar-refractivity contribution in [3.8, 4) is 11.3 Å². The number of piperazine rings is 1. The summed E-state index contributed by atoms with van der Waals surface area (Å²) >= 11 is 0. The van der Waals surface area contributed by atoms with Crippen LogP contribution in [0.15, 0.2) is 52.1 Å². The molecule has 4 aromatic rings. The van der Waals surface area contributed by atoms with E-state index in [-0.39, 0.29) is 5.63 Å². The maximum absolute atomic E-state index is 12.7. The topological polar surface area (TPSA) is 66.9 Å². The van der Waals surface area contributed by atoms with Crippen molar-refractivity contribution in [3.05, 3.63) is 59.0 Å². The molecule has 0 N–H and O–H groups in total. The number of hydrogen-bond donors (Lipinski definition) is 0. The van der Waals surface area contributed by atoms with Crippen LogP contribution in [0.4, 0.5) is 5.69 Å².